The number of rotatable bonds is 3. The molecule has 0 aliphatic heterocycles. The SMILES string of the molecule is CC(C)(C)c1cc(-c2ccccc2)c(-c2ccnc(Cl)c2)c(-c2ccccc2)c1. The second kappa shape index (κ2) is 7.85. The van der Waals surface area contributed by atoms with Crippen LogP contribution in [-0.4, -0.2) is 4.98 Å². The van der Waals surface area contributed by atoms with Crippen molar-refractivity contribution < 1.29 is 0 Å². The molecule has 0 atom stereocenters. The van der Waals surface area contributed by atoms with Crippen molar-refractivity contribution in [3.63, 3.8) is 0 Å². The fraction of sp³-hybridized carbons (Fsp3) is 0.148. The summed E-state index contributed by atoms with van der Waals surface area (Å²) < 4.78 is 0. The molecule has 2 heteroatoms. The second-order valence-electron chi connectivity index (χ2n) is 8.30. The molecule has 0 aliphatic rings. The highest BCUT2D eigenvalue weighted by Crippen LogP contribution is 2.43. The summed E-state index contributed by atoms with van der Waals surface area (Å²) >= 11 is 6.28. The van der Waals surface area contributed by atoms with Gasteiger partial charge in [-0.3, -0.25) is 0 Å². The van der Waals surface area contributed by atoms with Gasteiger partial charge in [-0.25, -0.2) is 4.98 Å². The lowest BCUT2D eigenvalue weighted by molar-refractivity contribution is 0.591. The zero-order valence-corrected chi connectivity index (χ0v) is 17.7. The van der Waals surface area contributed by atoms with Crippen LogP contribution in [0.25, 0.3) is 33.4 Å². The molecule has 1 heterocycles. The molecule has 0 amide bonds. The lowest BCUT2D eigenvalue weighted by Crippen LogP contribution is -2.12. The Morgan fingerprint density at radius 3 is 1.62 bits per heavy atom. The standard InChI is InChI=1S/C27H24ClN/c1-27(2,3)22-17-23(19-10-6-4-7-11-19)26(21-14-15-29-25(28)16-21)24(18-22)20-12-8-5-9-13-20/h4-18H,1-3H3. The molecule has 3 aromatic carbocycles. The van der Waals surface area contributed by atoms with Crippen LogP contribution < -0.4 is 0 Å². The Balaban J connectivity index is 2.13. The highest BCUT2D eigenvalue weighted by molar-refractivity contribution is 6.29. The van der Waals surface area contributed by atoms with Crippen molar-refractivity contribution in [2.45, 2.75) is 26.2 Å². The van der Waals surface area contributed by atoms with Crippen molar-refractivity contribution in [1.82, 2.24) is 4.98 Å². The summed E-state index contributed by atoms with van der Waals surface area (Å²) in [6.07, 6.45) is 1.78. The third-order valence-corrected chi connectivity index (χ3v) is 5.40. The number of benzene rings is 3. The van der Waals surface area contributed by atoms with E-state index >= 15 is 0 Å². The second-order valence-corrected chi connectivity index (χ2v) is 8.68. The molecule has 0 aliphatic carbocycles. The molecule has 144 valence electrons. The van der Waals surface area contributed by atoms with Gasteiger partial charge in [-0.05, 0) is 68.6 Å². The Hall–Kier alpha value is -2.90. The fourth-order valence-corrected chi connectivity index (χ4v) is 3.81. The first-order valence-electron chi connectivity index (χ1n) is 9.85. The van der Waals surface area contributed by atoms with Crippen LogP contribution in [0.1, 0.15) is 26.3 Å². The Bertz CT molecular complexity index is 1070. The molecule has 4 aromatic rings. The third-order valence-electron chi connectivity index (χ3n) is 5.19. The first kappa shape index (κ1) is 19.4. The fourth-order valence-electron chi connectivity index (χ4n) is 3.63. The van der Waals surface area contributed by atoms with E-state index in [2.05, 4.69) is 98.6 Å². The summed E-state index contributed by atoms with van der Waals surface area (Å²) in [5.41, 5.74) is 8.39. The van der Waals surface area contributed by atoms with E-state index in [1.54, 1.807) is 6.20 Å². The van der Waals surface area contributed by atoms with Crippen LogP contribution >= 0.6 is 11.6 Å². The Kier molecular flexibility index (Phi) is 5.25. The van der Waals surface area contributed by atoms with Gasteiger partial charge in [0.1, 0.15) is 5.15 Å². The van der Waals surface area contributed by atoms with E-state index in [1.165, 1.54) is 33.4 Å². The van der Waals surface area contributed by atoms with Gasteiger partial charge in [-0.1, -0.05) is 93.0 Å². The summed E-state index contributed by atoms with van der Waals surface area (Å²) in [6, 6.07) is 29.8. The molecule has 4 rings (SSSR count). The van der Waals surface area contributed by atoms with Crippen LogP contribution in [0.3, 0.4) is 0 Å². The quantitative estimate of drug-likeness (QED) is 0.319. The minimum Gasteiger partial charge on any atom is -0.245 e. The molecule has 0 saturated carbocycles. The topological polar surface area (TPSA) is 12.9 Å². The highest BCUT2D eigenvalue weighted by Gasteiger charge is 2.21. The van der Waals surface area contributed by atoms with Gasteiger partial charge in [0.2, 0.25) is 0 Å². The molecule has 0 unspecified atom stereocenters. The smallest absolute Gasteiger partial charge is 0.129 e. The average molecular weight is 398 g/mol. The Morgan fingerprint density at radius 2 is 1.17 bits per heavy atom. The maximum Gasteiger partial charge on any atom is 0.129 e. The van der Waals surface area contributed by atoms with Crippen molar-refractivity contribution in [2.75, 3.05) is 0 Å². The molecule has 0 N–H and O–H groups in total. The molecule has 0 saturated heterocycles. The van der Waals surface area contributed by atoms with Crippen molar-refractivity contribution in [2.24, 2.45) is 0 Å². The van der Waals surface area contributed by atoms with E-state index in [4.69, 9.17) is 11.6 Å². The number of aromatic nitrogens is 1. The molecule has 0 radical (unpaired) electrons. The van der Waals surface area contributed by atoms with Gasteiger partial charge >= 0.3 is 0 Å². The van der Waals surface area contributed by atoms with Crippen LogP contribution in [0, 0.1) is 0 Å². The molecule has 0 spiro atoms. The first-order valence-corrected chi connectivity index (χ1v) is 10.2. The van der Waals surface area contributed by atoms with Crippen molar-refractivity contribution >= 4 is 11.6 Å². The minimum atomic E-state index is 0.0292. The van der Waals surface area contributed by atoms with Crippen LogP contribution in [-0.2, 0) is 5.41 Å². The van der Waals surface area contributed by atoms with E-state index in [9.17, 15) is 0 Å². The maximum absolute atomic E-state index is 6.28. The third kappa shape index (κ3) is 4.11. The molecule has 0 fully saturated rings. The van der Waals surface area contributed by atoms with E-state index in [1.807, 2.05) is 12.1 Å². The van der Waals surface area contributed by atoms with E-state index in [-0.39, 0.29) is 5.41 Å². The number of hydrogen-bond acceptors (Lipinski definition) is 1. The van der Waals surface area contributed by atoms with Gasteiger partial charge in [0.15, 0.2) is 0 Å². The van der Waals surface area contributed by atoms with E-state index < -0.39 is 0 Å². The Morgan fingerprint density at radius 1 is 0.655 bits per heavy atom. The zero-order valence-electron chi connectivity index (χ0n) is 17.0. The first-order chi connectivity index (χ1) is 13.9. The van der Waals surface area contributed by atoms with Gasteiger partial charge in [0, 0.05) is 6.20 Å². The average Bonchev–Trinajstić information content (AvgIpc) is 2.73. The summed E-state index contributed by atoms with van der Waals surface area (Å²) in [6.45, 7) is 6.78. The van der Waals surface area contributed by atoms with E-state index in [0.717, 1.165) is 5.56 Å². The van der Waals surface area contributed by atoms with Gasteiger partial charge in [-0.15, -0.1) is 0 Å². The monoisotopic (exact) mass is 397 g/mol. The molecule has 1 nitrogen and oxygen atoms in total. The summed E-state index contributed by atoms with van der Waals surface area (Å²) in [4.78, 5) is 4.19. The van der Waals surface area contributed by atoms with Crippen molar-refractivity contribution in [3.05, 3.63) is 102 Å². The van der Waals surface area contributed by atoms with Crippen LogP contribution in [0.15, 0.2) is 91.1 Å². The molecule has 1 aromatic heterocycles. The predicted molar refractivity (Wildman–Crippen MR) is 124 cm³/mol. The maximum atomic E-state index is 6.28. The molecular weight excluding hydrogens is 374 g/mol. The molecule has 29 heavy (non-hydrogen) atoms. The minimum absolute atomic E-state index is 0.0292. The summed E-state index contributed by atoms with van der Waals surface area (Å²) in [7, 11) is 0. The normalized spacial score (nSPS) is 11.4. The van der Waals surface area contributed by atoms with Crippen molar-refractivity contribution in [3.8, 4) is 33.4 Å². The van der Waals surface area contributed by atoms with Gasteiger partial charge < -0.3 is 0 Å². The number of halogens is 1. The predicted octanol–water partition coefficient (Wildman–Crippen LogP) is 8.03. The number of hydrogen-bond donors (Lipinski definition) is 0. The van der Waals surface area contributed by atoms with Crippen LogP contribution in [0.4, 0.5) is 0 Å². The number of pyridine rings is 1. The van der Waals surface area contributed by atoms with E-state index in [0.29, 0.717) is 5.15 Å². The Labute approximate surface area is 178 Å². The highest BCUT2D eigenvalue weighted by atomic mass is 35.5. The summed E-state index contributed by atoms with van der Waals surface area (Å²) in [5.74, 6) is 0. The van der Waals surface area contributed by atoms with Crippen LogP contribution in [0.5, 0.6) is 0 Å². The lowest BCUT2D eigenvalue weighted by Gasteiger charge is -2.25. The van der Waals surface area contributed by atoms with Crippen LogP contribution in [0.2, 0.25) is 5.15 Å². The van der Waals surface area contributed by atoms with Gasteiger partial charge in [0.25, 0.3) is 0 Å². The number of nitrogens with zero attached hydrogens (tertiary/aromatic N) is 1. The largest absolute Gasteiger partial charge is 0.245 e. The zero-order chi connectivity index (χ0) is 20.4. The summed E-state index contributed by atoms with van der Waals surface area (Å²) in [5, 5.41) is 0.500. The lowest BCUT2D eigenvalue weighted by atomic mass is 9.79. The molecular formula is C27H24ClN. The molecule has 0 bridgehead atoms. The van der Waals surface area contributed by atoms with Gasteiger partial charge in [0.05, 0.1) is 0 Å². The van der Waals surface area contributed by atoms with Crippen molar-refractivity contribution in [1.29, 1.82) is 0 Å². The van der Waals surface area contributed by atoms with Gasteiger partial charge in [-0.2, -0.15) is 0 Å².